The van der Waals surface area contributed by atoms with Crippen LogP contribution in [0, 0.1) is 27.7 Å². The van der Waals surface area contributed by atoms with Gasteiger partial charge in [0, 0.05) is 25.6 Å². The Morgan fingerprint density at radius 1 is 0.211 bits per heavy atom. The molecule has 0 heterocycles. The van der Waals surface area contributed by atoms with Gasteiger partial charge in [0.05, 0.1) is 43.6 Å². The summed E-state index contributed by atoms with van der Waals surface area (Å²) in [7, 11) is -0.972. The van der Waals surface area contributed by atoms with Gasteiger partial charge in [-0.05, 0) is 274 Å². The first-order valence-electron chi connectivity index (χ1n) is 32.2. The first-order valence-corrected chi connectivity index (χ1v) is 38.7. The summed E-state index contributed by atoms with van der Waals surface area (Å²) in [6, 6.07) is 132. The summed E-state index contributed by atoms with van der Waals surface area (Å²) >= 11 is 3.68. The second-order valence-electron chi connectivity index (χ2n) is 23.8. The van der Waals surface area contributed by atoms with E-state index in [1.165, 1.54) is 134 Å². The fourth-order valence-corrected chi connectivity index (χ4v) is 21.9. The third-order valence-electron chi connectivity index (χ3n) is 16.8. The summed E-state index contributed by atoms with van der Waals surface area (Å²) in [4.78, 5) is 20.8. The topological polar surface area (TPSA) is 0 Å². The molecule has 0 nitrogen and oxygen atoms in total. The molecular formula is C89H72S6+4. The van der Waals surface area contributed by atoms with E-state index >= 15 is 0 Å². The molecule has 95 heavy (non-hydrogen) atoms. The van der Waals surface area contributed by atoms with Gasteiger partial charge in [0.2, 0.25) is 0 Å². The van der Waals surface area contributed by atoms with Crippen molar-refractivity contribution in [3.8, 4) is 22.3 Å². The minimum Gasteiger partial charge on any atom is -0.0901 e. The molecule has 2 unspecified atom stereocenters. The van der Waals surface area contributed by atoms with Crippen molar-refractivity contribution in [2.75, 3.05) is 0 Å². The van der Waals surface area contributed by atoms with E-state index in [1.54, 1.807) is 0 Å². The number of rotatable bonds is 20. The lowest BCUT2D eigenvalue weighted by atomic mass is 10.0. The zero-order valence-corrected chi connectivity index (χ0v) is 58.5. The van der Waals surface area contributed by atoms with Crippen LogP contribution >= 0.6 is 23.5 Å². The largest absolute Gasteiger partial charge is 0.167 e. The highest BCUT2D eigenvalue weighted by Gasteiger charge is 2.33. The van der Waals surface area contributed by atoms with E-state index in [0.29, 0.717) is 0 Å². The van der Waals surface area contributed by atoms with Gasteiger partial charge in [0.25, 0.3) is 0 Å². The molecule has 0 bridgehead atoms. The van der Waals surface area contributed by atoms with Crippen molar-refractivity contribution in [1.82, 2.24) is 0 Å². The van der Waals surface area contributed by atoms with Crippen molar-refractivity contribution < 1.29 is 0 Å². The minimum absolute atomic E-state index is 0.188. The predicted octanol–water partition coefficient (Wildman–Crippen LogP) is 24.5. The van der Waals surface area contributed by atoms with Crippen LogP contribution in [0.4, 0.5) is 0 Å². The van der Waals surface area contributed by atoms with Crippen LogP contribution in [-0.4, -0.2) is 0 Å². The van der Waals surface area contributed by atoms with Crippen LogP contribution in [-0.2, 0) is 50.0 Å². The van der Waals surface area contributed by atoms with Gasteiger partial charge in [-0.25, -0.2) is 0 Å². The average molecular weight is 1330 g/mol. The maximum absolute atomic E-state index is 2.39. The highest BCUT2D eigenvalue weighted by Crippen LogP contribution is 2.41. The molecule has 6 heteroatoms. The third kappa shape index (κ3) is 15.3. The molecule has 0 aliphatic carbocycles. The summed E-state index contributed by atoms with van der Waals surface area (Å²) in [6.45, 7) is 8.69. The summed E-state index contributed by atoms with van der Waals surface area (Å²) in [5.41, 5.74) is 12.6. The Morgan fingerprint density at radius 3 is 0.895 bits per heavy atom. The fourth-order valence-electron chi connectivity index (χ4n) is 11.9. The van der Waals surface area contributed by atoms with Gasteiger partial charge in [-0.1, -0.05) is 185 Å². The van der Waals surface area contributed by atoms with E-state index in [-0.39, 0.29) is 43.6 Å². The summed E-state index contributed by atoms with van der Waals surface area (Å²) in [6.07, 6.45) is 0.854. The van der Waals surface area contributed by atoms with Gasteiger partial charge in [-0.2, -0.15) is 0 Å². The Kier molecular flexibility index (Phi) is 20.0. The van der Waals surface area contributed by atoms with E-state index in [1.807, 2.05) is 23.5 Å². The van der Waals surface area contributed by atoms with E-state index in [9.17, 15) is 0 Å². The second-order valence-corrected chi connectivity index (χ2v) is 34.2. The maximum atomic E-state index is 2.39. The first-order chi connectivity index (χ1) is 46.7. The quantitative estimate of drug-likeness (QED) is 0.0698. The Balaban J connectivity index is 0.647. The molecule has 0 radical (unpaired) electrons. The van der Waals surface area contributed by atoms with Crippen molar-refractivity contribution in [2.45, 2.75) is 112 Å². The van der Waals surface area contributed by atoms with Crippen molar-refractivity contribution >= 4 is 67.1 Å². The van der Waals surface area contributed by atoms with Crippen molar-refractivity contribution in [3.05, 3.63) is 385 Å². The van der Waals surface area contributed by atoms with Gasteiger partial charge in [-0.3, -0.25) is 0 Å². The van der Waals surface area contributed by atoms with Crippen molar-refractivity contribution in [3.63, 3.8) is 0 Å². The van der Waals surface area contributed by atoms with Gasteiger partial charge in [0.1, 0.15) is 0 Å². The van der Waals surface area contributed by atoms with Crippen LogP contribution in [0.2, 0.25) is 0 Å². The summed E-state index contributed by atoms with van der Waals surface area (Å²) in [5, 5.41) is 0. The van der Waals surface area contributed by atoms with Crippen LogP contribution in [0.3, 0.4) is 0 Å². The third-order valence-corrected chi connectivity index (χ3v) is 27.9. The smallest absolute Gasteiger partial charge is 0.0901 e. The van der Waals surface area contributed by atoms with Crippen LogP contribution in [0.1, 0.15) is 33.4 Å². The summed E-state index contributed by atoms with van der Waals surface area (Å²) in [5.74, 6) is 0. The van der Waals surface area contributed by atoms with E-state index in [4.69, 9.17) is 0 Å². The first kappa shape index (κ1) is 63.6. The Bertz CT molecular complexity index is 4730. The van der Waals surface area contributed by atoms with Crippen LogP contribution in [0.25, 0.3) is 22.3 Å². The molecule has 0 aliphatic rings. The Labute approximate surface area is 582 Å². The molecule has 460 valence electrons. The van der Waals surface area contributed by atoms with Crippen LogP contribution < -0.4 is 0 Å². The van der Waals surface area contributed by atoms with Gasteiger partial charge < -0.3 is 0 Å². The molecule has 0 saturated heterocycles. The Hall–Kier alpha value is -8.82. The molecule has 0 aliphatic heterocycles. The van der Waals surface area contributed by atoms with E-state index in [2.05, 4.69) is 380 Å². The van der Waals surface area contributed by atoms with E-state index < -0.39 is 0 Å². The normalized spacial score (nSPS) is 12.0. The maximum Gasteiger partial charge on any atom is 0.167 e. The van der Waals surface area contributed by atoms with Gasteiger partial charge >= 0.3 is 0 Å². The summed E-state index contributed by atoms with van der Waals surface area (Å²) < 4.78 is 0. The van der Waals surface area contributed by atoms with E-state index in [0.717, 1.165) is 6.42 Å². The highest BCUT2D eigenvalue weighted by atomic mass is 32.2. The molecule has 0 saturated carbocycles. The number of hydrogen-bond donors (Lipinski definition) is 0. The fraction of sp³-hybridized carbons (Fsp3) is 0.0562. The van der Waals surface area contributed by atoms with Gasteiger partial charge in [0.15, 0.2) is 58.7 Å². The predicted molar refractivity (Wildman–Crippen MR) is 407 cm³/mol. The molecule has 14 aromatic carbocycles. The molecule has 0 spiro atoms. The van der Waals surface area contributed by atoms with Crippen molar-refractivity contribution in [1.29, 1.82) is 0 Å². The van der Waals surface area contributed by atoms with Gasteiger partial charge in [-0.15, -0.1) is 0 Å². The van der Waals surface area contributed by atoms with Crippen LogP contribution in [0.5, 0.6) is 0 Å². The number of benzene rings is 14. The molecule has 14 aromatic rings. The van der Waals surface area contributed by atoms with Crippen molar-refractivity contribution in [2.24, 2.45) is 0 Å². The standard InChI is InChI=1S/C89H72S6/c1-64-23-44-80(45-24-64)93(81-46-25-65(2)26-47-81)86-56-40-74(41-57-86)90-75-42-58-87(59-43-75)94(82-48-27-66(3)28-49-82)83-50-30-68(31-51-83)62-73-61-67(4)29-60-89(73)91-76-38-32-69(33-39-76)70-34-52-84(53-35-70)92(77-16-8-5-9-17-77)85-54-36-71(37-55-85)72-15-14-22-88(63-72)95(78-18-10-6-11-19-78)79-20-12-7-13-21-79/h5-61,63H,62H2,1-4H3/q+4. The molecular weight excluding hydrogens is 1260 g/mol. The Morgan fingerprint density at radius 2 is 0.495 bits per heavy atom. The molecule has 0 amide bonds. The lowest BCUT2D eigenvalue weighted by Gasteiger charge is -2.13. The molecule has 14 rings (SSSR count). The lowest BCUT2D eigenvalue weighted by Crippen LogP contribution is -2.05. The van der Waals surface area contributed by atoms with Crippen LogP contribution in [0.15, 0.2) is 430 Å². The SMILES string of the molecule is Cc1ccc([S+](c2ccc(C)cc2)c2ccc(Sc3ccc([S+](c4ccc(C)cc4)c4ccc(Cc5cc(C)ccc5Sc5ccc(-c6ccc([S+](c7ccccc7)c7ccc(-c8cccc([S+](c9ccccc9)c9ccccc9)c8)cc7)cc6)cc5)cc4)cc3)cc2)cc1. The lowest BCUT2D eigenvalue weighted by molar-refractivity contribution is 1.11. The molecule has 0 aromatic heterocycles. The highest BCUT2D eigenvalue weighted by molar-refractivity contribution is 8.00. The minimum atomic E-state index is -0.290. The zero-order valence-electron chi connectivity index (χ0n) is 53.6. The zero-order chi connectivity index (χ0) is 64.5. The molecule has 2 atom stereocenters. The number of aryl methyl sites for hydroxylation is 4. The second kappa shape index (κ2) is 29.9. The molecule has 0 fully saturated rings. The molecule has 0 N–H and O–H groups in total. The average Bonchev–Trinajstić information content (AvgIpc) is 0.873. The monoisotopic (exact) mass is 1330 g/mol. The number of hydrogen-bond acceptors (Lipinski definition) is 2.